The van der Waals surface area contributed by atoms with Crippen LogP contribution in [0.25, 0.3) is 0 Å². The highest BCUT2D eigenvalue weighted by molar-refractivity contribution is 5.81. The first-order valence-electron chi connectivity index (χ1n) is 7.66. The van der Waals surface area contributed by atoms with E-state index in [1.807, 2.05) is 0 Å². The number of ether oxygens (including phenoxy) is 1. The molecule has 6 heteroatoms. The molecule has 0 bridgehead atoms. The summed E-state index contributed by atoms with van der Waals surface area (Å²) in [6.45, 7) is 1.85. The summed E-state index contributed by atoms with van der Waals surface area (Å²) in [6, 6.07) is 1.64. The van der Waals surface area contributed by atoms with E-state index in [-0.39, 0.29) is 11.3 Å². The first-order valence-corrected chi connectivity index (χ1v) is 7.66. The van der Waals surface area contributed by atoms with Gasteiger partial charge in [0.05, 0.1) is 12.3 Å². The first-order chi connectivity index (χ1) is 10.4. The predicted octanol–water partition coefficient (Wildman–Crippen LogP) is 3.34. The molecule has 0 aromatic heterocycles. The summed E-state index contributed by atoms with van der Waals surface area (Å²) in [6.07, 6.45) is -1.71. The Morgan fingerprint density at radius 1 is 1.18 bits per heavy atom. The molecule has 3 aliphatic rings. The lowest BCUT2D eigenvalue weighted by atomic mass is 9.83. The molecular formula is C16H16F3NO2. The van der Waals surface area contributed by atoms with Gasteiger partial charge in [0.15, 0.2) is 0 Å². The highest BCUT2D eigenvalue weighted by Gasteiger charge is 2.47. The van der Waals surface area contributed by atoms with Crippen LogP contribution < -0.4 is 9.64 Å². The van der Waals surface area contributed by atoms with Gasteiger partial charge in [0.25, 0.3) is 0 Å². The van der Waals surface area contributed by atoms with Crippen LogP contribution in [0.15, 0.2) is 6.07 Å². The molecule has 0 saturated carbocycles. The Kier molecular flexibility index (Phi) is 2.93. The summed E-state index contributed by atoms with van der Waals surface area (Å²) in [5.41, 5.74) is 2.96. The Hall–Kier alpha value is -1.72. The molecule has 1 aromatic carbocycles. The number of halogens is 3. The summed E-state index contributed by atoms with van der Waals surface area (Å²) >= 11 is 0. The molecule has 0 amide bonds. The first kappa shape index (κ1) is 13.9. The monoisotopic (exact) mass is 311 g/mol. The molecule has 0 fully saturated rings. The molecule has 0 N–H and O–H groups in total. The number of rotatable bonds is 0. The molecule has 4 rings (SSSR count). The number of benzene rings is 1. The van der Waals surface area contributed by atoms with Crippen molar-refractivity contribution >= 4 is 11.7 Å². The Balaban J connectivity index is 1.94. The Bertz CT molecular complexity index is 652. The molecule has 3 aliphatic heterocycles. The van der Waals surface area contributed by atoms with Crippen molar-refractivity contribution in [3.8, 4) is 5.75 Å². The summed E-state index contributed by atoms with van der Waals surface area (Å²) in [7, 11) is 0. The minimum atomic E-state index is -4.42. The molecule has 1 unspecified atom stereocenters. The Labute approximate surface area is 126 Å². The summed E-state index contributed by atoms with van der Waals surface area (Å²) < 4.78 is 45.3. The topological polar surface area (TPSA) is 29.5 Å². The Morgan fingerprint density at radius 3 is 2.64 bits per heavy atom. The molecule has 1 atom stereocenters. The van der Waals surface area contributed by atoms with Gasteiger partial charge in [-0.2, -0.15) is 13.2 Å². The van der Waals surface area contributed by atoms with E-state index in [0.29, 0.717) is 6.42 Å². The quantitative estimate of drug-likeness (QED) is 0.544. The zero-order chi connectivity index (χ0) is 15.5. The van der Waals surface area contributed by atoms with Crippen LogP contribution in [0.3, 0.4) is 0 Å². The molecule has 3 nitrogen and oxygen atoms in total. The second-order valence-electron chi connectivity index (χ2n) is 6.25. The number of aryl methyl sites for hydroxylation is 1. The number of nitrogens with zero attached hydrogens (tertiary/aromatic N) is 1. The van der Waals surface area contributed by atoms with Gasteiger partial charge in [-0.05, 0) is 37.3 Å². The average molecular weight is 311 g/mol. The van der Waals surface area contributed by atoms with Crippen LogP contribution in [0, 0.1) is 0 Å². The van der Waals surface area contributed by atoms with Crippen LogP contribution in [-0.2, 0) is 17.6 Å². The third kappa shape index (κ3) is 2.00. The molecular weight excluding hydrogens is 295 g/mol. The molecule has 0 aliphatic carbocycles. The molecule has 22 heavy (non-hydrogen) atoms. The third-order valence-corrected chi connectivity index (χ3v) is 4.86. The fraction of sp³-hybridized carbons (Fsp3) is 0.562. The standard InChI is InChI=1S/C16H16F3NO2/c17-16(18,19)12-8-13(21)22-15-10-4-2-6-20-5-1-3-9(14(10)20)7-11(12)15/h7,12H,1-6,8H2. The van der Waals surface area contributed by atoms with Crippen molar-refractivity contribution in [1.82, 2.24) is 0 Å². The van der Waals surface area contributed by atoms with E-state index in [2.05, 4.69) is 4.90 Å². The minimum Gasteiger partial charge on any atom is -0.426 e. The van der Waals surface area contributed by atoms with Crippen molar-refractivity contribution in [3.05, 3.63) is 22.8 Å². The van der Waals surface area contributed by atoms with Crippen LogP contribution in [-0.4, -0.2) is 25.2 Å². The van der Waals surface area contributed by atoms with Gasteiger partial charge in [0, 0.05) is 29.9 Å². The second-order valence-corrected chi connectivity index (χ2v) is 6.25. The van der Waals surface area contributed by atoms with Crippen LogP contribution in [0.2, 0.25) is 0 Å². The maximum Gasteiger partial charge on any atom is 0.396 e. The number of hydrogen-bond acceptors (Lipinski definition) is 3. The van der Waals surface area contributed by atoms with Crippen LogP contribution >= 0.6 is 0 Å². The van der Waals surface area contributed by atoms with Gasteiger partial charge in [-0.25, -0.2) is 0 Å². The van der Waals surface area contributed by atoms with E-state index < -0.39 is 24.5 Å². The third-order valence-electron chi connectivity index (χ3n) is 4.86. The van der Waals surface area contributed by atoms with Crippen LogP contribution in [0.5, 0.6) is 5.75 Å². The number of fused-ring (bicyclic) bond motifs is 2. The fourth-order valence-corrected chi connectivity index (χ4v) is 3.96. The fourth-order valence-electron chi connectivity index (χ4n) is 3.96. The van der Waals surface area contributed by atoms with E-state index in [1.165, 1.54) is 0 Å². The maximum atomic E-state index is 13.3. The summed E-state index contributed by atoms with van der Waals surface area (Å²) in [4.78, 5) is 13.9. The van der Waals surface area contributed by atoms with E-state index >= 15 is 0 Å². The molecule has 118 valence electrons. The number of hydrogen-bond donors (Lipinski definition) is 0. The van der Waals surface area contributed by atoms with Gasteiger partial charge in [-0.15, -0.1) is 0 Å². The van der Waals surface area contributed by atoms with Crippen molar-refractivity contribution in [2.24, 2.45) is 0 Å². The van der Waals surface area contributed by atoms with E-state index in [4.69, 9.17) is 4.74 Å². The number of alkyl halides is 3. The number of anilines is 1. The molecule has 1 aromatic rings. The lowest BCUT2D eigenvalue weighted by molar-refractivity contribution is -0.166. The SMILES string of the molecule is O=C1CC(C(F)(F)F)c2cc3c4c(c2O1)CCCN4CCC3. The zero-order valence-electron chi connectivity index (χ0n) is 12.0. The van der Waals surface area contributed by atoms with Crippen molar-refractivity contribution in [1.29, 1.82) is 0 Å². The van der Waals surface area contributed by atoms with E-state index in [0.717, 1.165) is 49.2 Å². The zero-order valence-corrected chi connectivity index (χ0v) is 12.0. The molecule has 3 heterocycles. The lowest BCUT2D eigenvalue weighted by Gasteiger charge is -2.39. The van der Waals surface area contributed by atoms with Gasteiger partial charge in [-0.3, -0.25) is 4.79 Å². The van der Waals surface area contributed by atoms with Crippen molar-refractivity contribution in [2.45, 2.75) is 44.2 Å². The predicted molar refractivity (Wildman–Crippen MR) is 74.3 cm³/mol. The van der Waals surface area contributed by atoms with Crippen molar-refractivity contribution in [3.63, 3.8) is 0 Å². The van der Waals surface area contributed by atoms with Crippen LogP contribution in [0.1, 0.15) is 41.9 Å². The number of esters is 1. The van der Waals surface area contributed by atoms with Crippen molar-refractivity contribution in [2.75, 3.05) is 18.0 Å². The molecule has 0 saturated heterocycles. The van der Waals surface area contributed by atoms with Gasteiger partial charge in [0.1, 0.15) is 5.75 Å². The maximum absolute atomic E-state index is 13.3. The van der Waals surface area contributed by atoms with Crippen LogP contribution in [0.4, 0.5) is 18.9 Å². The Morgan fingerprint density at radius 2 is 1.91 bits per heavy atom. The van der Waals surface area contributed by atoms with E-state index in [9.17, 15) is 18.0 Å². The largest absolute Gasteiger partial charge is 0.426 e. The number of carbonyl (C=O) groups is 1. The normalized spacial score (nSPS) is 23.7. The highest BCUT2D eigenvalue weighted by atomic mass is 19.4. The van der Waals surface area contributed by atoms with E-state index in [1.54, 1.807) is 6.07 Å². The molecule has 0 spiro atoms. The highest BCUT2D eigenvalue weighted by Crippen LogP contribution is 2.50. The second kappa shape index (κ2) is 4.64. The lowest BCUT2D eigenvalue weighted by Crippen LogP contribution is -2.37. The van der Waals surface area contributed by atoms with Gasteiger partial charge >= 0.3 is 12.1 Å². The summed E-state index contributed by atoms with van der Waals surface area (Å²) in [5, 5.41) is 0. The smallest absolute Gasteiger partial charge is 0.396 e. The number of carbonyl (C=O) groups excluding carboxylic acids is 1. The minimum absolute atomic E-state index is 0.157. The van der Waals surface area contributed by atoms with Gasteiger partial charge in [0.2, 0.25) is 0 Å². The van der Waals surface area contributed by atoms with Gasteiger partial charge in [-0.1, -0.05) is 0 Å². The molecule has 0 radical (unpaired) electrons. The summed E-state index contributed by atoms with van der Waals surface area (Å²) in [5.74, 6) is -2.33. The average Bonchev–Trinajstić information content (AvgIpc) is 2.47. The van der Waals surface area contributed by atoms with Crippen molar-refractivity contribution < 1.29 is 22.7 Å². The van der Waals surface area contributed by atoms with Gasteiger partial charge < -0.3 is 9.64 Å².